The Morgan fingerprint density at radius 1 is 0.882 bits per heavy atom. The van der Waals surface area contributed by atoms with Gasteiger partial charge in [-0.2, -0.15) is 0 Å². The van der Waals surface area contributed by atoms with E-state index in [0.29, 0.717) is 0 Å². The summed E-state index contributed by atoms with van der Waals surface area (Å²) in [6.45, 7) is 7.41. The lowest BCUT2D eigenvalue weighted by Gasteiger charge is -2.11. The highest BCUT2D eigenvalue weighted by Crippen LogP contribution is 2.16. The van der Waals surface area contributed by atoms with Crippen LogP contribution in [0.15, 0.2) is 42.5 Å². The number of anilines is 1. The van der Waals surface area contributed by atoms with Crippen LogP contribution in [0.5, 0.6) is 0 Å². The van der Waals surface area contributed by atoms with E-state index in [1.54, 1.807) is 0 Å². The van der Waals surface area contributed by atoms with E-state index < -0.39 is 0 Å². The Kier molecular flexibility index (Phi) is 3.48. The van der Waals surface area contributed by atoms with Crippen molar-refractivity contribution in [2.45, 2.75) is 27.3 Å². The van der Waals surface area contributed by atoms with Crippen LogP contribution in [0.2, 0.25) is 0 Å². The molecule has 0 heterocycles. The van der Waals surface area contributed by atoms with Gasteiger partial charge in [-0.25, -0.2) is 0 Å². The summed E-state index contributed by atoms with van der Waals surface area (Å²) >= 11 is 0. The summed E-state index contributed by atoms with van der Waals surface area (Å²) in [5, 5.41) is 3.43. The Hall–Kier alpha value is -1.76. The van der Waals surface area contributed by atoms with Gasteiger partial charge in [0, 0.05) is 12.2 Å². The van der Waals surface area contributed by atoms with Crippen LogP contribution < -0.4 is 5.32 Å². The van der Waals surface area contributed by atoms with E-state index in [-0.39, 0.29) is 0 Å². The molecule has 0 atom stereocenters. The van der Waals surface area contributed by atoms with Gasteiger partial charge < -0.3 is 5.32 Å². The summed E-state index contributed by atoms with van der Waals surface area (Å²) in [5.74, 6) is 0. The maximum absolute atomic E-state index is 3.43. The molecule has 0 aliphatic heterocycles. The fourth-order valence-electron chi connectivity index (χ4n) is 1.99. The molecule has 0 spiro atoms. The smallest absolute Gasteiger partial charge is 0.0400 e. The second-order valence-electron chi connectivity index (χ2n) is 4.57. The van der Waals surface area contributed by atoms with Gasteiger partial charge in [-0.1, -0.05) is 30.3 Å². The minimum absolute atomic E-state index is 0.881. The molecule has 0 saturated carbocycles. The third-order valence-electron chi connectivity index (χ3n) is 3.26. The lowest BCUT2D eigenvalue weighted by molar-refractivity contribution is 1.12. The van der Waals surface area contributed by atoms with E-state index in [1.807, 2.05) is 18.2 Å². The van der Waals surface area contributed by atoms with Crippen molar-refractivity contribution in [3.63, 3.8) is 0 Å². The third kappa shape index (κ3) is 2.88. The van der Waals surface area contributed by atoms with Gasteiger partial charge in [0.25, 0.3) is 0 Å². The van der Waals surface area contributed by atoms with Gasteiger partial charge in [0.2, 0.25) is 0 Å². The second kappa shape index (κ2) is 5.05. The van der Waals surface area contributed by atoms with Crippen molar-refractivity contribution in [3.8, 4) is 0 Å². The zero-order chi connectivity index (χ0) is 12.3. The fourth-order valence-corrected chi connectivity index (χ4v) is 1.99. The summed E-state index contributed by atoms with van der Waals surface area (Å²) in [7, 11) is 0. The molecule has 0 saturated heterocycles. The summed E-state index contributed by atoms with van der Waals surface area (Å²) in [6, 6.07) is 14.8. The van der Waals surface area contributed by atoms with Gasteiger partial charge in [0.1, 0.15) is 0 Å². The number of benzene rings is 2. The molecule has 1 heteroatoms. The van der Waals surface area contributed by atoms with Crippen LogP contribution in [-0.2, 0) is 6.54 Å². The summed E-state index contributed by atoms with van der Waals surface area (Å²) in [5.41, 5.74) is 6.65. The van der Waals surface area contributed by atoms with Crippen LogP contribution in [0.25, 0.3) is 0 Å². The van der Waals surface area contributed by atoms with E-state index in [1.165, 1.54) is 27.9 Å². The zero-order valence-corrected chi connectivity index (χ0v) is 10.7. The molecule has 2 aromatic carbocycles. The molecule has 0 amide bonds. The van der Waals surface area contributed by atoms with Crippen molar-refractivity contribution in [2.24, 2.45) is 0 Å². The van der Waals surface area contributed by atoms with Crippen LogP contribution in [0.1, 0.15) is 22.3 Å². The molecule has 1 N–H and O–H groups in total. The number of aryl methyl sites for hydroxylation is 2. The number of para-hydroxylation sites is 1. The first-order valence-electron chi connectivity index (χ1n) is 6.02. The molecule has 17 heavy (non-hydrogen) atoms. The molecule has 2 rings (SSSR count). The first-order valence-corrected chi connectivity index (χ1v) is 6.02. The molecule has 0 radical (unpaired) electrons. The van der Waals surface area contributed by atoms with Crippen molar-refractivity contribution in [1.82, 2.24) is 0 Å². The maximum Gasteiger partial charge on any atom is 0.0400 e. The minimum Gasteiger partial charge on any atom is -0.381 e. The SMILES string of the molecule is Cc1cc(CNc2ccccc2)cc(C)c1C. The number of nitrogens with one attached hydrogen (secondary N) is 1. The normalized spacial score (nSPS) is 10.3. The number of rotatable bonds is 3. The average Bonchev–Trinajstić information content (AvgIpc) is 2.34. The van der Waals surface area contributed by atoms with E-state index in [9.17, 15) is 0 Å². The van der Waals surface area contributed by atoms with E-state index in [4.69, 9.17) is 0 Å². The van der Waals surface area contributed by atoms with E-state index >= 15 is 0 Å². The Morgan fingerprint density at radius 3 is 2.06 bits per heavy atom. The van der Waals surface area contributed by atoms with Crippen LogP contribution >= 0.6 is 0 Å². The monoisotopic (exact) mass is 225 g/mol. The topological polar surface area (TPSA) is 12.0 Å². The Balaban J connectivity index is 2.10. The van der Waals surface area contributed by atoms with Gasteiger partial charge in [-0.05, 0) is 55.2 Å². The molecule has 0 unspecified atom stereocenters. The second-order valence-corrected chi connectivity index (χ2v) is 4.57. The van der Waals surface area contributed by atoms with Crippen molar-refractivity contribution >= 4 is 5.69 Å². The predicted molar refractivity (Wildman–Crippen MR) is 74.4 cm³/mol. The summed E-state index contributed by atoms with van der Waals surface area (Å²) in [4.78, 5) is 0. The van der Waals surface area contributed by atoms with Gasteiger partial charge in [0.05, 0.1) is 0 Å². The molecule has 0 aliphatic rings. The van der Waals surface area contributed by atoms with E-state index in [0.717, 1.165) is 6.54 Å². The van der Waals surface area contributed by atoms with Crippen LogP contribution in [0.3, 0.4) is 0 Å². The molecule has 0 aromatic heterocycles. The lowest BCUT2D eigenvalue weighted by Crippen LogP contribution is -2.01. The first-order chi connectivity index (χ1) is 8.16. The Morgan fingerprint density at radius 2 is 1.47 bits per heavy atom. The summed E-state index contributed by atoms with van der Waals surface area (Å²) in [6.07, 6.45) is 0. The molecule has 1 nitrogen and oxygen atoms in total. The minimum atomic E-state index is 0.881. The molecule has 0 fully saturated rings. The van der Waals surface area contributed by atoms with Gasteiger partial charge >= 0.3 is 0 Å². The van der Waals surface area contributed by atoms with Gasteiger partial charge in [-0.15, -0.1) is 0 Å². The highest BCUT2D eigenvalue weighted by Gasteiger charge is 2.00. The lowest BCUT2D eigenvalue weighted by atomic mass is 10.0. The van der Waals surface area contributed by atoms with Crippen molar-refractivity contribution in [3.05, 3.63) is 64.7 Å². The molecule has 2 aromatic rings. The molecular weight excluding hydrogens is 206 g/mol. The largest absolute Gasteiger partial charge is 0.381 e. The quantitative estimate of drug-likeness (QED) is 0.824. The maximum atomic E-state index is 3.43. The highest BCUT2D eigenvalue weighted by molar-refractivity contribution is 5.44. The number of hydrogen-bond acceptors (Lipinski definition) is 1. The van der Waals surface area contributed by atoms with E-state index in [2.05, 4.69) is 50.4 Å². The van der Waals surface area contributed by atoms with Gasteiger partial charge in [0.15, 0.2) is 0 Å². The molecule has 0 aliphatic carbocycles. The van der Waals surface area contributed by atoms with Crippen molar-refractivity contribution < 1.29 is 0 Å². The Bertz CT molecular complexity index is 477. The number of hydrogen-bond donors (Lipinski definition) is 1. The van der Waals surface area contributed by atoms with Crippen LogP contribution in [0, 0.1) is 20.8 Å². The zero-order valence-electron chi connectivity index (χ0n) is 10.7. The van der Waals surface area contributed by atoms with Gasteiger partial charge in [-0.3, -0.25) is 0 Å². The molecule has 0 bridgehead atoms. The summed E-state index contributed by atoms with van der Waals surface area (Å²) < 4.78 is 0. The highest BCUT2D eigenvalue weighted by atomic mass is 14.9. The average molecular weight is 225 g/mol. The van der Waals surface area contributed by atoms with Crippen molar-refractivity contribution in [1.29, 1.82) is 0 Å². The molecular formula is C16H19N. The molecule has 88 valence electrons. The van der Waals surface area contributed by atoms with Crippen LogP contribution in [-0.4, -0.2) is 0 Å². The van der Waals surface area contributed by atoms with Crippen molar-refractivity contribution in [2.75, 3.05) is 5.32 Å². The predicted octanol–water partition coefficient (Wildman–Crippen LogP) is 4.22. The standard InChI is InChI=1S/C16H19N/c1-12-9-15(10-13(2)14(12)3)11-17-16-7-5-4-6-8-16/h4-10,17H,11H2,1-3H3. The first kappa shape index (κ1) is 11.7. The Labute approximate surface area is 103 Å². The van der Waals surface area contributed by atoms with Crippen LogP contribution in [0.4, 0.5) is 5.69 Å². The fraction of sp³-hybridized carbons (Fsp3) is 0.250. The third-order valence-corrected chi connectivity index (χ3v) is 3.26.